The first-order chi connectivity index (χ1) is 17.0. The molecule has 0 aliphatic carbocycles. The first-order valence-electron chi connectivity index (χ1n) is 10.9. The molecular formula is C24H23N3O8S. The Kier molecular flexibility index (Phi) is 6.63. The lowest BCUT2D eigenvalue weighted by molar-refractivity contribution is -0.161. The number of ether oxygens (including phenoxy) is 1. The highest BCUT2D eigenvalue weighted by molar-refractivity contribution is 8.01. The normalized spacial score (nSPS) is 22.6. The Bertz CT molecular complexity index is 1220. The van der Waals surface area contributed by atoms with Crippen molar-refractivity contribution in [3.63, 3.8) is 0 Å². The maximum Gasteiger partial charge on any atom is 0.416 e. The minimum absolute atomic E-state index is 0.0751. The number of carboxylic acids is 1. The lowest BCUT2D eigenvalue weighted by atomic mass is 9.95. The van der Waals surface area contributed by atoms with Gasteiger partial charge in [-0.15, -0.1) is 11.8 Å². The van der Waals surface area contributed by atoms with Crippen LogP contribution in [0, 0.1) is 0 Å². The van der Waals surface area contributed by atoms with Gasteiger partial charge in [-0.3, -0.25) is 9.59 Å². The molecule has 0 radical (unpaired) electrons. The zero-order chi connectivity index (χ0) is 26.2. The summed E-state index contributed by atoms with van der Waals surface area (Å²) in [6.45, 7) is 3.42. The number of nitrogens with one attached hydrogen (secondary N) is 2. The summed E-state index contributed by atoms with van der Waals surface area (Å²) in [5.74, 6) is -3.46. The second kappa shape index (κ2) is 9.53. The van der Waals surface area contributed by atoms with E-state index in [2.05, 4.69) is 10.6 Å². The number of aromatic hydroxyl groups is 1. The molecule has 4 N–H and O–H groups in total. The SMILES string of the molecule is CC1(C)S[C@@H]2[C@H](NC(=O)C(NC(=O)OC(=O)c3ccccc3)c3ccc(O)cc3)C(=O)N2[C@H]1C(=O)O. The number of hydrogen-bond donors (Lipinski definition) is 4. The molecule has 2 aromatic rings. The molecule has 4 rings (SSSR count). The topological polar surface area (TPSA) is 162 Å². The summed E-state index contributed by atoms with van der Waals surface area (Å²) < 4.78 is 4.03. The standard InChI is InChI=1S/C24H23N3O8S/c1-24(2)17(21(31)32)27-19(30)16(20(27)36-24)25-18(29)15(12-8-10-14(28)11-9-12)26-23(34)35-22(33)13-6-4-3-5-7-13/h3-11,15-17,20,28H,1-2H3,(H,25,29)(H,26,34)(H,31,32)/t15?,16-,17+,20-/m1/s1. The van der Waals surface area contributed by atoms with Gasteiger partial charge in [0.15, 0.2) is 0 Å². The third kappa shape index (κ3) is 4.71. The van der Waals surface area contributed by atoms with Crippen molar-refractivity contribution in [2.75, 3.05) is 0 Å². The van der Waals surface area contributed by atoms with E-state index in [1.54, 1.807) is 32.0 Å². The number of thioether (sulfide) groups is 1. The van der Waals surface area contributed by atoms with Gasteiger partial charge < -0.3 is 30.5 Å². The Labute approximate surface area is 209 Å². The fourth-order valence-corrected chi connectivity index (χ4v) is 5.84. The van der Waals surface area contributed by atoms with Crippen molar-refractivity contribution in [3.05, 3.63) is 65.7 Å². The smallest absolute Gasteiger partial charge is 0.416 e. The van der Waals surface area contributed by atoms with Gasteiger partial charge in [-0.2, -0.15) is 0 Å². The highest BCUT2D eigenvalue weighted by atomic mass is 32.2. The molecule has 2 heterocycles. The fourth-order valence-electron chi connectivity index (χ4n) is 4.21. The number of carboxylic acid groups (broad SMARTS) is 1. The van der Waals surface area contributed by atoms with Crippen LogP contribution < -0.4 is 10.6 Å². The molecule has 0 saturated carbocycles. The van der Waals surface area contributed by atoms with Crippen LogP contribution >= 0.6 is 11.8 Å². The first kappa shape index (κ1) is 25.0. The number of alkyl carbamates (subject to hydrolysis) is 1. The van der Waals surface area contributed by atoms with E-state index < -0.39 is 58.1 Å². The number of benzene rings is 2. The monoisotopic (exact) mass is 513 g/mol. The Morgan fingerprint density at radius 1 is 1.06 bits per heavy atom. The number of amides is 3. The van der Waals surface area contributed by atoms with E-state index >= 15 is 0 Å². The minimum Gasteiger partial charge on any atom is -0.508 e. The molecule has 2 saturated heterocycles. The van der Waals surface area contributed by atoms with Gasteiger partial charge in [0, 0.05) is 4.75 Å². The van der Waals surface area contributed by atoms with Crippen LogP contribution in [0.3, 0.4) is 0 Å². The molecule has 0 spiro atoms. The molecule has 188 valence electrons. The Morgan fingerprint density at radius 3 is 2.31 bits per heavy atom. The average Bonchev–Trinajstić information content (AvgIpc) is 3.10. The summed E-state index contributed by atoms with van der Waals surface area (Å²) in [7, 11) is 0. The van der Waals surface area contributed by atoms with Gasteiger partial charge >= 0.3 is 18.0 Å². The number of rotatable bonds is 6. The molecular weight excluding hydrogens is 490 g/mol. The number of carbonyl (C=O) groups excluding carboxylic acids is 4. The Morgan fingerprint density at radius 2 is 1.69 bits per heavy atom. The zero-order valence-electron chi connectivity index (χ0n) is 19.2. The summed E-state index contributed by atoms with van der Waals surface area (Å²) >= 11 is 1.26. The average molecular weight is 514 g/mol. The predicted octanol–water partition coefficient (Wildman–Crippen LogP) is 1.63. The van der Waals surface area contributed by atoms with Crippen LogP contribution in [-0.2, 0) is 19.1 Å². The molecule has 2 fully saturated rings. The summed E-state index contributed by atoms with van der Waals surface area (Å²) in [5.41, 5.74) is 0.383. The maximum atomic E-state index is 13.2. The van der Waals surface area contributed by atoms with Crippen molar-refractivity contribution in [3.8, 4) is 5.75 Å². The van der Waals surface area contributed by atoms with E-state index in [0.29, 0.717) is 0 Å². The predicted molar refractivity (Wildman–Crippen MR) is 127 cm³/mol. The van der Waals surface area contributed by atoms with E-state index in [9.17, 15) is 34.2 Å². The largest absolute Gasteiger partial charge is 0.508 e. The second-order valence-corrected chi connectivity index (χ2v) is 10.6. The molecule has 2 aliphatic rings. The summed E-state index contributed by atoms with van der Waals surface area (Å²) in [5, 5.41) is 23.5. The number of nitrogens with zero attached hydrogens (tertiary/aromatic N) is 1. The highest BCUT2D eigenvalue weighted by Crippen LogP contribution is 2.50. The molecule has 0 aromatic heterocycles. The molecule has 12 heteroatoms. The van der Waals surface area contributed by atoms with Crippen LogP contribution in [0.4, 0.5) is 4.79 Å². The third-order valence-electron chi connectivity index (χ3n) is 5.92. The second-order valence-electron chi connectivity index (χ2n) is 8.80. The van der Waals surface area contributed by atoms with Crippen molar-refractivity contribution in [1.82, 2.24) is 15.5 Å². The highest BCUT2D eigenvalue weighted by Gasteiger charge is 2.64. The number of β-lactam (4-membered cyclic amide) rings is 1. The number of hydrogen-bond acceptors (Lipinski definition) is 8. The number of esters is 1. The lowest BCUT2D eigenvalue weighted by Gasteiger charge is -2.43. The minimum atomic E-state index is -1.38. The molecule has 2 aliphatic heterocycles. The molecule has 1 unspecified atom stereocenters. The van der Waals surface area contributed by atoms with Gasteiger partial charge in [0.05, 0.1) is 5.56 Å². The van der Waals surface area contributed by atoms with E-state index in [-0.39, 0.29) is 16.9 Å². The van der Waals surface area contributed by atoms with E-state index in [0.717, 1.165) is 0 Å². The number of carbonyl (C=O) groups is 5. The quantitative estimate of drug-likeness (QED) is 0.255. The van der Waals surface area contributed by atoms with Crippen molar-refractivity contribution < 1.29 is 38.9 Å². The van der Waals surface area contributed by atoms with E-state index in [4.69, 9.17) is 4.74 Å². The van der Waals surface area contributed by atoms with Gasteiger partial charge in [0.25, 0.3) is 0 Å². The molecule has 4 atom stereocenters. The number of phenols is 1. The van der Waals surface area contributed by atoms with Crippen molar-refractivity contribution in [1.29, 1.82) is 0 Å². The van der Waals surface area contributed by atoms with E-state index in [1.165, 1.54) is 53.1 Å². The van der Waals surface area contributed by atoms with E-state index in [1.807, 2.05) is 0 Å². The van der Waals surface area contributed by atoms with Gasteiger partial charge in [0.1, 0.15) is 29.2 Å². The summed E-state index contributed by atoms with van der Waals surface area (Å²) in [6.07, 6.45) is -1.19. The van der Waals surface area contributed by atoms with Gasteiger partial charge in [-0.1, -0.05) is 30.3 Å². The molecule has 3 amide bonds. The number of phenolic OH excluding ortho intramolecular Hbond substituents is 1. The van der Waals surface area contributed by atoms with Crippen LogP contribution in [-0.4, -0.2) is 67.2 Å². The van der Waals surface area contributed by atoms with Gasteiger partial charge in [-0.05, 0) is 43.7 Å². The summed E-state index contributed by atoms with van der Waals surface area (Å²) in [6, 6.07) is 9.76. The molecule has 0 bridgehead atoms. The van der Waals surface area contributed by atoms with Crippen LogP contribution in [0.5, 0.6) is 5.75 Å². The first-order valence-corrected chi connectivity index (χ1v) is 11.8. The van der Waals surface area contributed by atoms with Crippen LogP contribution in [0.25, 0.3) is 0 Å². The number of aliphatic carboxylic acids is 1. The van der Waals surface area contributed by atoms with Crippen LogP contribution in [0.2, 0.25) is 0 Å². The Balaban J connectivity index is 1.50. The van der Waals surface area contributed by atoms with Crippen molar-refractivity contribution in [2.24, 2.45) is 0 Å². The van der Waals surface area contributed by atoms with Gasteiger partial charge in [0.2, 0.25) is 11.8 Å². The molecule has 2 aromatic carbocycles. The molecule has 36 heavy (non-hydrogen) atoms. The fraction of sp³-hybridized carbons (Fsp3) is 0.292. The summed E-state index contributed by atoms with van der Waals surface area (Å²) in [4.78, 5) is 63.6. The number of fused-ring (bicyclic) bond motifs is 1. The zero-order valence-corrected chi connectivity index (χ0v) is 20.0. The van der Waals surface area contributed by atoms with Crippen molar-refractivity contribution in [2.45, 2.75) is 42.1 Å². The van der Waals surface area contributed by atoms with Crippen LogP contribution in [0.1, 0.15) is 35.8 Å². The Hall–Kier alpha value is -4.06. The molecule has 11 nitrogen and oxygen atoms in total. The van der Waals surface area contributed by atoms with Crippen LogP contribution in [0.15, 0.2) is 54.6 Å². The van der Waals surface area contributed by atoms with Crippen molar-refractivity contribution >= 4 is 41.6 Å². The maximum absolute atomic E-state index is 13.2. The third-order valence-corrected chi connectivity index (χ3v) is 7.49. The van der Waals surface area contributed by atoms with Gasteiger partial charge in [-0.25, -0.2) is 14.4 Å². The lowest BCUT2D eigenvalue weighted by Crippen LogP contribution is -2.71.